The van der Waals surface area contributed by atoms with Crippen LogP contribution in [0.25, 0.3) is 6.08 Å². The van der Waals surface area contributed by atoms with Gasteiger partial charge < -0.3 is 18.9 Å². The van der Waals surface area contributed by atoms with Crippen LogP contribution in [0, 0.1) is 13.8 Å². The predicted octanol–water partition coefficient (Wildman–Crippen LogP) is 3.67. The third kappa shape index (κ3) is 3.79. The number of ether oxygens (including phenoxy) is 4. The lowest BCUT2D eigenvalue weighted by Crippen LogP contribution is -2.06. The molecule has 0 saturated carbocycles. The molecule has 3 rings (SSSR count). The molecular weight excluding hydrogens is 346 g/mol. The summed E-state index contributed by atoms with van der Waals surface area (Å²) in [6, 6.07) is 9.40. The number of nitrogens with zero attached hydrogens (tertiary/aromatic N) is 1. The Kier molecular flexibility index (Phi) is 5.16. The number of hydrogen-bond acceptors (Lipinski definition) is 6. The van der Waals surface area contributed by atoms with Crippen LogP contribution in [0.5, 0.6) is 17.2 Å². The second-order valence-electron chi connectivity index (χ2n) is 6.17. The molecule has 27 heavy (non-hydrogen) atoms. The van der Waals surface area contributed by atoms with Crippen molar-refractivity contribution in [2.24, 2.45) is 4.99 Å². The van der Waals surface area contributed by atoms with Crippen LogP contribution in [0.2, 0.25) is 0 Å². The van der Waals surface area contributed by atoms with Crippen molar-refractivity contribution in [1.82, 2.24) is 0 Å². The van der Waals surface area contributed by atoms with Gasteiger partial charge in [0.15, 0.2) is 17.2 Å². The Morgan fingerprint density at radius 3 is 2.00 bits per heavy atom. The van der Waals surface area contributed by atoms with Crippen molar-refractivity contribution in [3.8, 4) is 17.2 Å². The molecule has 0 amide bonds. The highest BCUT2D eigenvalue weighted by molar-refractivity contribution is 6.13. The second kappa shape index (κ2) is 7.53. The number of benzene rings is 2. The number of aryl methyl sites for hydroxylation is 2. The van der Waals surface area contributed by atoms with E-state index >= 15 is 0 Å². The summed E-state index contributed by atoms with van der Waals surface area (Å²) in [6.07, 6.45) is 1.63. The van der Waals surface area contributed by atoms with Gasteiger partial charge >= 0.3 is 5.97 Å². The molecule has 0 bridgehead atoms. The zero-order chi connectivity index (χ0) is 19.6. The quantitative estimate of drug-likeness (QED) is 0.596. The predicted molar refractivity (Wildman–Crippen MR) is 103 cm³/mol. The molecule has 0 unspecified atom stereocenters. The maximum absolute atomic E-state index is 12.3. The first-order valence-electron chi connectivity index (χ1n) is 8.36. The van der Waals surface area contributed by atoms with Gasteiger partial charge in [-0.2, -0.15) is 0 Å². The zero-order valence-corrected chi connectivity index (χ0v) is 16.0. The number of hydrogen-bond donors (Lipinski definition) is 0. The number of aliphatic imine (C=N–C) groups is 1. The fourth-order valence-electron chi connectivity index (χ4n) is 2.97. The number of carbonyl (C=O) groups is 1. The van der Waals surface area contributed by atoms with E-state index in [1.165, 1.54) is 21.3 Å². The van der Waals surface area contributed by atoms with E-state index in [0.29, 0.717) is 28.7 Å². The molecule has 6 heteroatoms. The van der Waals surface area contributed by atoms with Crippen molar-refractivity contribution in [3.63, 3.8) is 0 Å². The number of carbonyl (C=O) groups excluding carboxylic acids is 1. The van der Waals surface area contributed by atoms with E-state index < -0.39 is 5.97 Å². The van der Waals surface area contributed by atoms with E-state index in [-0.39, 0.29) is 5.70 Å². The molecule has 0 atom stereocenters. The van der Waals surface area contributed by atoms with Crippen molar-refractivity contribution >= 4 is 17.9 Å². The minimum absolute atomic E-state index is 0.207. The Morgan fingerprint density at radius 1 is 0.889 bits per heavy atom. The van der Waals surface area contributed by atoms with Crippen LogP contribution >= 0.6 is 0 Å². The van der Waals surface area contributed by atoms with E-state index in [0.717, 1.165) is 16.7 Å². The fraction of sp³-hybridized carbons (Fsp3) is 0.238. The van der Waals surface area contributed by atoms with Crippen LogP contribution in [-0.2, 0) is 9.53 Å². The molecule has 0 N–H and O–H groups in total. The third-order valence-corrected chi connectivity index (χ3v) is 4.08. The number of methoxy groups -OCH3 is 3. The molecular formula is C21H21NO5. The summed E-state index contributed by atoms with van der Waals surface area (Å²) in [5.41, 5.74) is 3.81. The Morgan fingerprint density at radius 2 is 1.48 bits per heavy atom. The van der Waals surface area contributed by atoms with Gasteiger partial charge in [0.25, 0.3) is 0 Å². The molecule has 0 aromatic heterocycles. The standard InChI is InChI=1S/C21H21NO5/c1-12-6-13(2)8-15(7-12)20-22-16(21(23)27-20)9-14-10-17(24-3)19(26-5)18(11-14)25-4/h6-11H,1-5H3. The SMILES string of the molecule is COc1cc(C=C2N=C(c3cc(C)cc(C)c3)OC2=O)cc(OC)c1OC. The van der Waals surface area contributed by atoms with Gasteiger partial charge in [-0.05, 0) is 49.8 Å². The van der Waals surface area contributed by atoms with Crippen LogP contribution in [0.1, 0.15) is 22.3 Å². The maximum atomic E-state index is 12.3. The van der Waals surface area contributed by atoms with E-state index in [2.05, 4.69) is 4.99 Å². The van der Waals surface area contributed by atoms with Crippen LogP contribution < -0.4 is 14.2 Å². The molecule has 1 heterocycles. The van der Waals surface area contributed by atoms with Crippen molar-refractivity contribution in [3.05, 3.63) is 58.3 Å². The molecule has 140 valence electrons. The van der Waals surface area contributed by atoms with Gasteiger partial charge in [0.1, 0.15) is 0 Å². The van der Waals surface area contributed by atoms with E-state index in [1.807, 2.05) is 32.0 Å². The average molecular weight is 367 g/mol. The van der Waals surface area contributed by atoms with E-state index in [1.54, 1.807) is 18.2 Å². The Hall–Kier alpha value is -3.28. The highest BCUT2D eigenvalue weighted by atomic mass is 16.6. The van der Waals surface area contributed by atoms with Gasteiger partial charge in [-0.3, -0.25) is 0 Å². The average Bonchev–Trinajstić information content (AvgIpc) is 3.00. The summed E-state index contributed by atoms with van der Waals surface area (Å²) in [6.45, 7) is 3.97. The topological polar surface area (TPSA) is 66.4 Å². The molecule has 0 fully saturated rings. The molecule has 2 aromatic rings. The molecule has 1 aliphatic heterocycles. The van der Waals surface area contributed by atoms with Crippen molar-refractivity contribution in [2.45, 2.75) is 13.8 Å². The second-order valence-corrected chi connectivity index (χ2v) is 6.17. The fourth-order valence-corrected chi connectivity index (χ4v) is 2.97. The monoisotopic (exact) mass is 367 g/mol. The summed E-state index contributed by atoms with van der Waals surface area (Å²) in [5.74, 6) is 1.26. The van der Waals surface area contributed by atoms with Gasteiger partial charge in [-0.25, -0.2) is 9.79 Å². The largest absolute Gasteiger partial charge is 0.493 e. The zero-order valence-electron chi connectivity index (χ0n) is 16.0. The van der Waals surface area contributed by atoms with Crippen LogP contribution in [-0.4, -0.2) is 33.2 Å². The van der Waals surface area contributed by atoms with E-state index in [4.69, 9.17) is 18.9 Å². The third-order valence-electron chi connectivity index (χ3n) is 4.08. The van der Waals surface area contributed by atoms with Crippen molar-refractivity contribution < 1.29 is 23.7 Å². The van der Waals surface area contributed by atoms with Gasteiger partial charge in [0.05, 0.1) is 21.3 Å². The molecule has 0 radical (unpaired) electrons. The number of rotatable bonds is 5. The summed E-state index contributed by atoms with van der Waals surface area (Å²) in [7, 11) is 4.61. The first-order chi connectivity index (χ1) is 12.9. The van der Waals surface area contributed by atoms with Gasteiger partial charge in [0.2, 0.25) is 11.6 Å². The van der Waals surface area contributed by atoms with Gasteiger partial charge in [-0.15, -0.1) is 0 Å². The van der Waals surface area contributed by atoms with Crippen LogP contribution in [0.3, 0.4) is 0 Å². The summed E-state index contributed by atoms with van der Waals surface area (Å²) in [4.78, 5) is 16.6. The lowest BCUT2D eigenvalue weighted by Gasteiger charge is -2.12. The Bertz CT molecular complexity index is 914. The summed E-state index contributed by atoms with van der Waals surface area (Å²) >= 11 is 0. The highest BCUT2D eigenvalue weighted by Gasteiger charge is 2.25. The smallest absolute Gasteiger partial charge is 0.363 e. The lowest BCUT2D eigenvalue weighted by molar-refractivity contribution is -0.129. The maximum Gasteiger partial charge on any atom is 0.363 e. The molecule has 0 saturated heterocycles. The van der Waals surface area contributed by atoms with Crippen molar-refractivity contribution in [2.75, 3.05) is 21.3 Å². The van der Waals surface area contributed by atoms with Gasteiger partial charge in [0, 0.05) is 5.56 Å². The molecule has 6 nitrogen and oxygen atoms in total. The van der Waals surface area contributed by atoms with Crippen LogP contribution in [0.4, 0.5) is 0 Å². The normalized spacial score (nSPS) is 14.8. The number of cyclic esters (lactones) is 1. The summed E-state index contributed by atoms with van der Waals surface area (Å²) in [5, 5.41) is 0. The Labute approximate surface area is 158 Å². The Balaban J connectivity index is 2.02. The lowest BCUT2D eigenvalue weighted by atomic mass is 10.1. The molecule has 2 aromatic carbocycles. The number of esters is 1. The first-order valence-corrected chi connectivity index (χ1v) is 8.36. The first kappa shape index (κ1) is 18.5. The highest BCUT2D eigenvalue weighted by Crippen LogP contribution is 2.39. The van der Waals surface area contributed by atoms with Crippen LogP contribution in [0.15, 0.2) is 41.0 Å². The molecule has 0 aliphatic carbocycles. The minimum atomic E-state index is -0.502. The van der Waals surface area contributed by atoms with E-state index in [9.17, 15) is 4.79 Å². The van der Waals surface area contributed by atoms with Gasteiger partial charge in [-0.1, -0.05) is 17.2 Å². The minimum Gasteiger partial charge on any atom is -0.493 e. The summed E-state index contributed by atoms with van der Waals surface area (Å²) < 4.78 is 21.4. The molecule has 0 spiro atoms. The molecule has 1 aliphatic rings. The van der Waals surface area contributed by atoms with Crippen molar-refractivity contribution in [1.29, 1.82) is 0 Å².